The molecule has 4 nitrogen and oxygen atoms in total. The molecule has 1 aromatic heterocycles. The highest BCUT2D eigenvalue weighted by molar-refractivity contribution is 9.10. The number of aromatic amines is 1. The van der Waals surface area contributed by atoms with Crippen LogP contribution >= 0.6 is 15.9 Å². The maximum atomic E-state index is 13.7. The van der Waals surface area contributed by atoms with Gasteiger partial charge in [-0.1, -0.05) is 0 Å². The van der Waals surface area contributed by atoms with Gasteiger partial charge in [0.1, 0.15) is 17.5 Å². The number of benzene rings is 1. The van der Waals surface area contributed by atoms with Gasteiger partial charge in [0.15, 0.2) is 0 Å². The van der Waals surface area contributed by atoms with Crippen LogP contribution in [0, 0.1) is 11.6 Å². The van der Waals surface area contributed by atoms with E-state index in [9.17, 15) is 13.9 Å². The summed E-state index contributed by atoms with van der Waals surface area (Å²) in [6, 6.07) is 2.40. The molecule has 2 rings (SSSR count). The largest absolute Gasteiger partial charge is 0.388 e. The van der Waals surface area contributed by atoms with Crippen LogP contribution in [-0.2, 0) is 6.42 Å². The Balaban J connectivity index is 2.30. The smallest absolute Gasteiger partial charge is 0.143 e. The summed E-state index contributed by atoms with van der Waals surface area (Å²) in [4.78, 5) is 0. The minimum absolute atomic E-state index is 0.145. The first kappa shape index (κ1) is 13.0. The third-order valence-corrected chi connectivity index (χ3v) is 3.21. The normalized spacial score (nSPS) is 12.7. The number of nitrogen functional groups attached to an aromatic ring is 1. The number of aliphatic hydroxyl groups is 1. The first-order chi connectivity index (χ1) is 8.50. The van der Waals surface area contributed by atoms with E-state index in [-0.39, 0.29) is 22.3 Å². The zero-order valence-electron chi connectivity index (χ0n) is 9.12. The second-order valence-corrected chi connectivity index (χ2v) is 4.64. The lowest BCUT2D eigenvalue weighted by Crippen LogP contribution is -2.07. The summed E-state index contributed by atoms with van der Waals surface area (Å²) < 4.78 is 27.4. The van der Waals surface area contributed by atoms with Gasteiger partial charge in [0, 0.05) is 17.5 Å². The van der Waals surface area contributed by atoms with Gasteiger partial charge >= 0.3 is 0 Å². The molecule has 0 aliphatic rings. The Morgan fingerprint density at radius 3 is 2.78 bits per heavy atom. The molecule has 2 aromatic rings. The number of nitrogens with one attached hydrogen (secondary N) is 1. The summed E-state index contributed by atoms with van der Waals surface area (Å²) in [6.07, 6.45) is -0.0173. The molecule has 0 radical (unpaired) electrons. The minimum Gasteiger partial charge on any atom is -0.388 e. The molecule has 0 amide bonds. The average molecular weight is 318 g/mol. The van der Waals surface area contributed by atoms with Crippen molar-refractivity contribution in [2.24, 2.45) is 0 Å². The third kappa shape index (κ3) is 2.37. The number of halogens is 3. The molecule has 0 aliphatic heterocycles. The number of aromatic nitrogens is 2. The van der Waals surface area contributed by atoms with E-state index >= 15 is 0 Å². The van der Waals surface area contributed by atoms with Crippen molar-refractivity contribution >= 4 is 21.7 Å². The van der Waals surface area contributed by atoms with Gasteiger partial charge in [-0.25, -0.2) is 8.78 Å². The van der Waals surface area contributed by atoms with Crippen LogP contribution in [0.2, 0.25) is 0 Å². The van der Waals surface area contributed by atoms with Crippen molar-refractivity contribution in [1.29, 1.82) is 0 Å². The highest BCUT2D eigenvalue weighted by atomic mass is 79.9. The summed E-state index contributed by atoms with van der Waals surface area (Å²) in [7, 11) is 0. The predicted molar refractivity (Wildman–Crippen MR) is 65.7 cm³/mol. The molecule has 1 atom stereocenters. The van der Waals surface area contributed by atoms with Gasteiger partial charge in [0.05, 0.1) is 16.8 Å². The summed E-state index contributed by atoms with van der Waals surface area (Å²) in [5.41, 5.74) is 5.64. The van der Waals surface area contributed by atoms with Gasteiger partial charge in [-0.3, -0.25) is 5.10 Å². The Hall–Kier alpha value is -1.47. The number of aliphatic hydroxyl groups excluding tert-OH is 1. The number of nitrogens with zero attached hydrogens (tertiary/aromatic N) is 1. The quantitative estimate of drug-likeness (QED) is 0.760. The van der Waals surface area contributed by atoms with Crippen LogP contribution in [0.5, 0.6) is 0 Å². The molecular weight excluding hydrogens is 308 g/mol. The van der Waals surface area contributed by atoms with E-state index in [1.807, 2.05) is 0 Å². The van der Waals surface area contributed by atoms with E-state index in [0.717, 1.165) is 6.07 Å². The Morgan fingerprint density at radius 1 is 1.44 bits per heavy atom. The molecule has 0 fully saturated rings. The topological polar surface area (TPSA) is 74.9 Å². The third-order valence-electron chi connectivity index (χ3n) is 2.60. The minimum atomic E-state index is -1.12. The fourth-order valence-electron chi connectivity index (χ4n) is 1.63. The van der Waals surface area contributed by atoms with Crippen LogP contribution in [0.1, 0.15) is 17.2 Å². The van der Waals surface area contributed by atoms with Crippen LogP contribution < -0.4 is 5.73 Å². The van der Waals surface area contributed by atoms with Gasteiger partial charge in [0.2, 0.25) is 0 Å². The highest BCUT2D eigenvalue weighted by Gasteiger charge is 2.19. The molecule has 1 unspecified atom stereocenters. The average Bonchev–Trinajstić information content (AvgIpc) is 2.76. The lowest BCUT2D eigenvalue weighted by atomic mass is 10.0. The van der Waals surface area contributed by atoms with Gasteiger partial charge in [0.25, 0.3) is 0 Å². The van der Waals surface area contributed by atoms with E-state index in [2.05, 4.69) is 26.1 Å². The van der Waals surface area contributed by atoms with Gasteiger partial charge < -0.3 is 10.8 Å². The van der Waals surface area contributed by atoms with E-state index in [1.165, 1.54) is 12.3 Å². The van der Waals surface area contributed by atoms with Crippen molar-refractivity contribution in [1.82, 2.24) is 10.2 Å². The fraction of sp³-hybridized carbons (Fsp3) is 0.182. The zero-order valence-corrected chi connectivity index (χ0v) is 10.7. The molecule has 0 saturated heterocycles. The number of rotatable bonds is 3. The second kappa shape index (κ2) is 5.03. The van der Waals surface area contributed by atoms with E-state index in [4.69, 9.17) is 5.73 Å². The summed E-state index contributed by atoms with van der Waals surface area (Å²) in [5.74, 6) is -1.26. The lowest BCUT2D eigenvalue weighted by Gasteiger charge is -2.11. The first-order valence-electron chi connectivity index (χ1n) is 5.10. The monoisotopic (exact) mass is 317 g/mol. The molecule has 18 heavy (non-hydrogen) atoms. The molecule has 1 heterocycles. The van der Waals surface area contributed by atoms with Crippen molar-refractivity contribution in [3.8, 4) is 0 Å². The number of H-pyrrole nitrogens is 1. The van der Waals surface area contributed by atoms with Crippen molar-refractivity contribution in [3.63, 3.8) is 0 Å². The molecule has 0 bridgehead atoms. The van der Waals surface area contributed by atoms with Gasteiger partial charge in [-0.2, -0.15) is 5.10 Å². The molecular formula is C11H10BrF2N3O. The van der Waals surface area contributed by atoms with Crippen LogP contribution in [0.25, 0.3) is 0 Å². The maximum Gasteiger partial charge on any atom is 0.143 e. The number of nitrogens with two attached hydrogens (primary N) is 1. The molecule has 7 heteroatoms. The SMILES string of the molecule is Nc1[nH]ncc1C(O)Cc1c(F)ccc(Br)c1F. The Kier molecular flexibility index (Phi) is 3.63. The summed E-state index contributed by atoms with van der Waals surface area (Å²) in [5, 5.41) is 16.0. The molecule has 0 aliphatic carbocycles. The zero-order chi connectivity index (χ0) is 13.3. The fourth-order valence-corrected chi connectivity index (χ4v) is 2.00. The molecule has 4 N–H and O–H groups in total. The van der Waals surface area contributed by atoms with Crippen molar-refractivity contribution in [3.05, 3.63) is 45.6 Å². The van der Waals surface area contributed by atoms with Crippen LogP contribution in [0.4, 0.5) is 14.6 Å². The number of anilines is 1. The predicted octanol–water partition coefficient (Wildman–Crippen LogP) is 2.31. The first-order valence-corrected chi connectivity index (χ1v) is 5.89. The van der Waals surface area contributed by atoms with E-state index < -0.39 is 17.7 Å². The van der Waals surface area contributed by atoms with Crippen molar-refractivity contribution in [2.75, 3.05) is 5.73 Å². The lowest BCUT2D eigenvalue weighted by molar-refractivity contribution is 0.176. The van der Waals surface area contributed by atoms with Gasteiger partial charge in [-0.15, -0.1) is 0 Å². The molecule has 0 spiro atoms. The molecule has 1 aromatic carbocycles. The summed E-state index contributed by atoms with van der Waals surface area (Å²) in [6.45, 7) is 0. The standard InChI is InChI=1S/C11H10BrF2N3O/c12-7-1-2-8(13)5(10(7)14)3-9(18)6-4-16-17-11(6)15/h1-2,4,9,18H,3H2,(H3,15,16,17). The highest BCUT2D eigenvalue weighted by Crippen LogP contribution is 2.27. The van der Waals surface area contributed by atoms with Crippen LogP contribution in [0.15, 0.2) is 22.8 Å². The maximum absolute atomic E-state index is 13.7. The second-order valence-electron chi connectivity index (χ2n) is 3.78. The Morgan fingerprint density at radius 2 is 2.17 bits per heavy atom. The Bertz CT molecular complexity index is 573. The van der Waals surface area contributed by atoms with Gasteiger partial charge in [-0.05, 0) is 28.1 Å². The number of hydrogen-bond acceptors (Lipinski definition) is 3. The van der Waals surface area contributed by atoms with Crippen molar-refractivity contribution < 1.29 is 13.9 Å². The Labute approximate surface area is 110 Å². The van der Waals surface area contributed by atoms with E-state index in [1.54, 1.807) is 0 Å². The van der Waals surface area contributed by atoms with Crippen LogP contribution in [-0.4, -0.2) is 15.3 Å². The van der Waals surface area contributed by atoms with Crippen molar-refractivity contribution in [2.45, 2.75) is 12.5 Å². The molecule has 96 valence electrons. The van der Waals surface area contributed by atoms with Crippen LogP contribution in [0.3, 0.4) is 0 Å². The number of hydrogen-bond donors (Lipinski definition) is 3. The van der Waals surface area contributed by atoms with E-state index in [0.29, 0.717) is 5.56 Å². The molecule has 0 saturated carbocycles. The summed E-state index contributed by atoms with van der Waals surface area (Å²) >= 11 is 2.97.